The zero-order chi connectivity index (χ0) is 10.6. The molecule has 2 nitrogen and oxygen atoms in total. The lowest BCUT2D eigenvalue weighted by atomic mass is 10.1. The second kappa shape index (κ2) is 10.0. The predicted octanol–water partition coefficient (Wildman–Crippen LogP) is 3.24. The standard InChI is InChI=1S/C12H20O2/c1-3-4-5-6-7-8-9-10-11-14-12(2)13/h3-5H,1,6-11H2,2H3. The van der Waals surface area contributed by atoms with Gasteiger partial charge in [0.15, 0.2) is 0 Å². The Morgan fingerprint density at radius 3 is 2.64 bits per heavy atom. The highest BCUT2D eigenvalue weighted by Crippen LogP contribution is 2.03. The first-order valence-electron chi connectivity index (χ1n) is 5.18. The van der Waals surface area contributed by atoms with Gasteiger partial charge in [0.25, 0.3) is 0 Å². The summed E-state index contributed by atoms with van der Waals surface area (Å²) < 4.78 is 4.82. The number of hydrogen-bond donors (Lipinski definition) is 0. The van der Waals surface area contributed by atoms with E-state index in [9.17, 15) is 4.79 Å². The Bertz CT molecular complexity index is 183. The maximum absolute atomic E-state index is 10.4. The van der Waals surface area contributed by atoms with Crippen molar-refractivity contribution in [3.8, 4) is 0 Å². The molecule has 0 aromatic carbocycles. The second-order valence-electron chi connectivity index (χ2n) is 3.21. The first-order valence-corrected chi connectivity index (χ1v) is 5.18. The lowest BCUT2D eigenvalue weighted by Crippen LogP contribution is -1.99. The molecule has 0 heterocycles. The van der Waals surface area contributed by atoms with Gasteiger partial charge in [0, 0.05) is 6.92 Å². The fraction of sp³-hybridized carbons (Fsp3) is 0.583. The minimum Gasteiger partial charge on any atom is -0.466 e. The van der Waals surface area contributed by atoms with Crippen molar-refractivity contribution in [1.29, 1.82) is 0 Å². The molecule has 0 N–H and O–H groups in total. The Balaban J connectivity index is 3.02. The molecule has 0 aromatic rings. The molecule has 0 spiro atoms. The average molecular weight is 196 g/mol. The van der Waals surface area contributed by atoms with Crippen molar-refractivity contribution in [3.63, 3.8) is 0 Å². The number of allylic oxidation sites excluding steroid dienone is 3. The van der Waals surface area contributed by atoms with Gasteiger partial charge in [-0.1, -0.05) is 37.6 Å². The van der Waals surface area contributed by atoms with Crippen LogP contribution in [-0.4, -0.2) is 12.6 Å². The van der Waals surface area contributed by atoms with E-state index in [0.717, 1.165) is 19.3 Å². The molecule has 0 saturated carbocycles. The Labute approximate surface area is 86.6 Å². The number of unbranched alkanes of at least 4 members (excludes halogenated alkanes) is 4. The third-order valence-corrected chi connectivity index (χ3v) is 1.84. The maximum Gasteiger partial charge on any atom is 0.302 e. The monoisotopic (exact) mass is 196 g/mol. The molecule has 0 radical (unpaired) electrons. The van der Waals surface area contributed by atoms with Crippen molar-refractivity contribution in [2.75, 3.05) is 6.61 Å². The summed E-state index contributed by atoms with van der Waals surface area (Å²) in [4.78, 5) is 10.4. The number of rotatable bonds is 8. The van der Waals surface area contributed by atoms with Gasteiger partial charge in [0.1, 0.15) is 0 Å². The largest absolute Gasteiger partial charge is 0.466 e. The van der Waals surface area contributed by atoms with Gasteiger partial charge in [-0.3, -0.25) is 4.79 Å². The molecule has 2 heteroatoms. The molecule has 0 aliphatic carbocycles. The molecule has 0 aromatic heterocycles. The van der Waals surface area contributed by atoms with Crippen LogP contribution in [0.25, 0.3) is 0 Å². The van der Waals surface area contributed by atoms with Crippen LogP contribution in [0.5, 0.6) is 0 Å². The first-order chi connectivity index (χ1) is 6.77. The predicted molar refractivity (Wildman–Crippen MR) is 59.1 cm³/mol. The van der Waals surface area contributed by atoms with Gasteiger partial charge in [0.2, 0.25) is 0 Å². The Kier molecular flexibility index (Phi) is 9.28. The summed E-state index contributed by atoms with van der Waals surface area (Å²) in [6.07, 6.45) is 11.5. The van der Waals surface area contributed by atoms with Crippen LogP contribution in [0.15, 0.2) is 24.8 Å². The van der Waals surface area contributed by atoms with Gasteiger partial charge in [0.05, 0.1) is 6.61 Å². The maximum atomic E-state index is 10.4. The minimum atomic E-state index is -0.182. The van der Waals surface area contributed by atoms with E-state index in [4.69, 9.17) is 4.74 Å². The van der Waals surface area contributed by atoms with Crippen LogP contribution < -0.4 is 0 Å². The summed E-state index contributed by atoms with van der Waals surface area (Å²) in [6.45, 7) is 5.61. The summed E-state index contributed by atoms with van der Waals surface area (Å²) in [6, 6.07) is 0. The highest BCUT2D eigenvalue weighted by molar-refractivity contribution is 5.65. The summed E-state index contributed by atoms with van der Waals surface area (Å²) in [5, 5.41) is 0. The zero-order valence-electron chi connectivity index (χ0n) is 9.00. The number of carbonyl (C=O) groups is 1. The fourth-order valence-electron chi connectivity index (χ4n) is 1.13. The van der Waals surface area contributed by atoms with Gasteiger partial charge in [-0.25, -0.2) is 0 Å². The van der Waals surface area contributed by atoms with Gasteiger partial charge < -0.3 is 4.74 Å². The SMILES string of the molecule is C=CC=CCCCCCCOC(C)=O. The Morgan fingerprint density at radius 1 is 1.29 bits per heavy atom. The van der Waals surface area contributed by atoms with Crippen molar-refractivity contribution in [2.45, 2.75) is 39.0 Å². The number of carbonyl (C=O) groups excluding carboxylic acids is 1. The van der Waals surface area contributed by atoms with Crippen LogP contribution in [0.1, 0.15) is 39.0 Å². The molecule has 0 saturated heterocycles. The summed E-state index contributed by atoms with van der Waals surface area (Å²) in [5.41, 5.74) is 0. The van der Waals surface area contributed by atoms with E-state index in [-0.39, 0.29) is 5.97 Å². The van der Waals surface area contributed by atoms with Gasteiger partial charge in [-0.15, -0.1) is 0 Å². The molecule has 14 heavy (non-hydrogen) atoms. The summed E-state index contributed by atoms with van der Waals surface area (Å²) in [7, 11) is 0. The molecule has 0 aliphatic heterocycles. The van der Waals surface area contributed by atoms with Crippen molar-refractivity contribution in [1.82, 2.24) is 0 Å². The third kappa shape index (κ3) is 11.0. The van der Waals surface area contributed by atoms with Crippen LogP contribution in [-0.2, 0) is 9.53 Å². The zero-order valence-corrected chi connectivity index (χ0v) is 9.00. The highest BCUT2D eigenvalue weighted by atomic mass is 16.5. The fourth-order valence-corrected chi connectivity index (χ4v) is 1.13. The molecule has 0 unspecified atom stereocenters. The third-order valence-electron chi connectivity index (χ3n) is 1.84. The minimum absolute atomic E-state index is 0.182. The number of esters is 1. The molecular formula is C12H20O2. The Hall–Kier alpha value is -1.05. The lowest BCUT2D eigenvalue weighted by Gasteiger charge is -2.00. The smallest absolute Gasteiger partial charge is 0.302 e. The average Bonchev–Trinajstić information content (AvgIpc) is 2.15. The van der Waals surface area contributed by atoms with Crippen molar-refractivity contribution >= 4 is 5.97 Å². The molecule has 0 atom stereocenters. The quantitative estimate of drug-likeness (QED) is 0.338. The number of hydrogen-bond acceptors (Lipinski definition) is 2. The molecule has 0 rings (SSSR count). The molecule has 0 aliphatic rings. The molecule has 0 bridgehead atoms. The van der Waals surface area contributed by atoms with Gasteiger partial charge in [-0.05, 0) is 19.3 Å². The van der Waals surface area contributed by atoms with Crippen molar-refractivity contribution in [2.24, 2.45) is 0 Å². The summed E-state index contributed by atoms with van der Waals surface area (Å²) >= 11 is 0. The second-order valence-corrected chi connectivity index (χ2v) is 3.21. The molecule has 0 amide bonds. The van der Waals surface area contributed by atoms with E-state index in [1.165, 1.54) is 19.8 Å². The van der Waals surface area contributed by atoms with E-state index < -0.39 is 0 Å². The molecule has 80 valence electrons. The van der Waals surface area contributed by atoms with Crippen LogP contribution in [0.4, 0.5) is 0 Å². The normalized spacial score (nSPS) is 10.4. The van der Waals surface area contributed by atoms with Crippen molar-refractivity contribution in [3.05, 3.63) is 24.8 Å². The van der Waals surface area contributed by atoms with Crippen LogP contribution >= 0.6 is 0 Å². The first kappa shape index (κ1) is 12.9. The van der Waals surface area contributed by atoms with E-state index in [1.54, 1.807) is 6.08 Å². The van der Waals surface area contributed by atoms with Crippen molar-refractivity contribution < 1.29 is 9.53 Å². The van der Waals surface area contributed by atoms with E-state index in [1.807, 2.05) is 6.08 Å². The van der Waals surface area contributed by atoms with E-state index in [2.05, 4.69) is 12.7 Å². The topological polar surface area (TPSA) is 26.3 Å². The van der Waals surface area contributed by atoms with Crippen LogP contribution in [0, 0.1) is 0 Å². The Morgan fingerprint density at radius 2 is 2.00 bits per heavy atom. The number of ether oxygens (including phenoxy) is 1. The molecular weight excluding hydrogens is 176 g/mol. The van der Waals surface area contributed by atoms with E-state index >= 15 is 0 Å². The molecule has 0 fully saturated rings. The lowest BCUT2D eigenvalue weighted by molar-refractivity contribution is -0.141. The summed E-state index contributed by atoms with van der Waals surface area (Å²) in [5.74, 6) is -0.182. The van der Waals surface area contributed by atoms with Crippen LogP contribution in [0.2, 0.25) is 0 Å². The van der Waals surface area contributed by atoms with Gasteiger partial charge >= 0.3 is 5.97 Å². The highest BCUT2D eigenvalue weighted by Gasteiger charge is 1.92. The van der Waals surface area contributed by atoms with Gasteiger partial charge in [-0.2, -0.15) is 0 Å². The van der Waals surface area contributed by atoms with E-state index in [0.29, 0.717) is 6.61 Å². The van der Waals surface area contributed by atoms with Crippen LogP contribution in [0.3, 0.4) is 0 Å².